The highest BCUT2D eigenvalue weighted by atomic mass is 16.5. The molecule has 0 radical (unpaired) electrons. The van der Waals surface area contributed by atoms with E-state index < -0.39 is 65.0 Å². The first kappa shape index (κ1) is 27.3. The minimum atomic E-state index is -1.85. The number of phenols is 2. The molecule has 1 fully saturated rings. The average Bonchev–Trinajstić information content (AvgIpc) is 2.91. The zero-order valence-corrected chi connectivity index (χ0v) is 20.9. The fraction of sp³-hybridized carbons (Fsp3) is 0.400. The van der Waals surface area contributed by atoms with Gasteiger partial charge in [0.05, 0.1) is 40.6 Å². The molecule has 0 spiro atoms. The second kappa shape index (κ2) is 10.6. The van der Waals surface area contributed by atoms with Gasteiger partial charge in [-0.05, 0) is 12.1 Å². The molecular weight excluding hydrogens is 508 g/mol. The molecule has 1 saturated heterocycles. The van der Waals surface area contributed by atoms with Gasteiger partial charge < -0.3 is 58.7 Å². The SMILES string of the molecule is COc1cc(-c2cc(=O)c3c(O)c([C@@H]4O[C@H](CO)[C@@H](O)[C@H](O)[C@H]4O)c(O)c(OC)c3o2)cc(OC)c1OC. The van der Waals surface area contributed by atoms with Crippen molar-refractivity contribution in [3.63, 3.8) is 0 Å². The number of phenolic OH excluding ortho intramolecular Hbond substituents is 2. The lowest BCUT2D eigenvalue weighted by Crippen LogP contribution is -2.55. The first-order valence-corrected chi connectivity index (χ1v) is 11.3. The summed E-state index contributed by atoms with van der Waals surface area (Å²) in [5, 5.41) is 62.0. The van der Waals surface area contributed by atoms with Crippen molar-refractivity contribution in [2.75, 3.05) is 35.0 Å². The zero-order chi connectivity index (χ0) is 27.9. The summed E-state index contributed by atoms with van der Waals surface area (Å²) in [4.78, 5) is 13.3. The number of aliphatic hydroxyl groups is 4. The normalized spacial score (nSPS) is 23.3. The Hall–Kier alpha value is -3.75. The third-order valence-corrected chi connectivity index (χ3v) is 6.45. The van der Waals surface area contributed by atoms with Crippen LogP contribution in [0.15, 0.2) is 27.4 Å². The number of methoxy groups -OCH3 is 4. The molecular formula is C25H28O13. The van der Waals surface area contributed by atoms with Gasteiger partial charge in [0.2, 0.25) is 11.5 Å². The van der Waals surface area contributed by atoms with Crippen LogP contribution in [0.2, 0.25) is 0 Å². The average molecular weight is 536 g/mol. The first-order chi connectivity index (χ1) is 18.1. The molecule has 38 heavy (non-hydrogen) atoms. The van der Waals surface area contributed by atoms with Gasteiger partial charge in [-0.2, -0.15) is 0 Å². The number of ether oxygens (including phenoxy) is 5. The summed E-state index contributed by atoms with van der Waals surface area (Å²) in [7, 11) is 5.43. The lowest BCUT2D eigenvalue weighted by atomic mass is 9.89. The molecule has 6 N–H and O–H groups in total. The number of rotatable bonds is 7. The second-order valence-corrected chi connectivity index (χ2v) is 8.49. The van der Waals surface area contributed by atoms with Crippen LogP contribution in [0.25, 0.3) is 22.3 Å². The lowest BCUT2D eigenvalue weighted by Gasteiger charge is -2.40. The maximum Gasteiger partial charge on any atom is 0.205 e. The van der Waals surface area contributed by atoms with E-state index in [1.165, 1.54) is 40.6 Å². The van der Waals surface area contributed by atoms with E-state index in [-0.39, 0.29) is 28.6 Å². The van der Waals surface area contributed by atoms with Gasteiger partial charge in [0.1, 0.15) is 47.4 Å². The van der Waals surface area contributed by atoms with Gasteiger partial charge in [-0.1, -0.05) is 0 Å². The summed E-state index contributed by atoms with van der Waals surface area (Å²) in [6.07, 6.45) is -8.32. The number of aromatic hydroxyl groups is 2. The molecule has 1 aliphatic rings. The molecule has 1 aromatic heterocycles. The maximum atomic E-state index is 13.3. The van der Waals surface area contributed by atoms with Crippen molar-refractivity contribution in [2.45, 2.75) is 30.5 Å². The highest BCUT2D eigenvalue weighted by molar-refractivity contribution is 5.94. The number of benzene rings is 2. The Kier molecular flexibility index (Phi) is 7.58. The van der Waals surface area contributed by atoms with Crippen LogP contribution in [-0.2, 0) is 4.74 Å². The summed E-state index contributed by atoms with van der Waals surface area (Å²) in [5.41, 5.74) is -1.25. The predicted octanol–water partition coefficient (Wildman–Crippen LogP) is 0.420. The highest BCUT2D eigenvalue weighted by Crippen LogP contribution is 2.50. The smallest absolute Gasteiger partial charge is 0.205 e. The molecule has 2 aromatic carbocycles. The predicted molar refractivity (Wildman–Crippen MR) is 130 cm³/mol. The van der Waals surface area contributed by atoms with Crippen molar-refractivity contribution in [1.82, 2.24) is 0 Å². The summed E-state index contributed by atoms with van der Waals surface area (Å²) >= 11 is 0. The third-order valence-electron chi connectivity index (χ3n) is 6.45. The Bertz CT molecular complexity index is 1370. The van der Waals surface area contributed by atoms with Crippen LogP contribution < -0.4 is 24.4 Å². The van der Waals surface area contributed by atoms with E-state index in [9.17, 15) is 35.4 Å². The standard InChI is InChI=1S/C25H28O13/c1-33-12-5-9(6-13(34-2)22(12)35-3)11-7-10(27)15-18(29)16(19(30)25(36-4)24(15)37-11)23-21(32)20(31)17(28)14(8-26)38-23/h5-7,14,17,20-21,23,26,28-32H,8H2,1-4H3/t14-,17-,20+,21-,23+/m1/s1. The fourth-order valence-electron chi connectivity index (χ4n) is 4.52. The van der Waals surface area contributed by atoms with Crippen molar-refractivity contribution >= 4 is 11.0 Å². The second-order valence-electron chi connectivity index (χ2n) is 8.49. The van der Waals surface area contributed by atoms with Gasteiger partial charge in [0.15, 0.2) is 28.3 Å². The minimum Gasteiger partial charge on any atom is -0.506 e. The van der Waals surface area contributed by atoms with Crippen molar-refractivity contribution < 1.29 is 58.7 Å². The highest BCUT2D eigenvalue weighted by Gasteiger charge is 2.46. The Morgan fingerprint density at radius 1 is 0.816 bits per heavy atom. The van der Waals surface area contributed by atoms with Crippen LogP contribution >= 0.6 is 0 Å². The van der Waals surface area contributed by atoms with Gasteiger partial charge in [-0.25, -0.2) is 0 Å². The number of hydrogen-bond acceptors (Lipinski definition) is 13. The molecule has 5 atom stereocenters. The van der Waals surface area contributed by atoms with Gasteiger partial charge >= 0.3 is 0 Å². The molecule has 13 heteroatoms. The Balaban J connectivity index is 1.96. The van der Waals surface area contributed by atoms with E-state index >= 15 is 0 Å². The molecule has 1 aliphatic heterocycles. The summed E-state index contributed by atoms with van der Waals surface area (Å²) in [5.74, 6) is -1.09. The van der Waals surface area contributed by atoms with Crippen molar-refractivity contribution in [2.24, 2.45) is 0 Å². The van der Waals surface area contributed by atoms with E-state index in [4.69, 9.17) is 28.1 Å². The van der Waals surface area contributed by atoms with Gasteiger partial charge in [-0.15, -0.1) is 0 Å². The zero-order valence-electron chi connectivity index (χ0n) is 20.9. The summed E-state index contributed by atoms with van der Waals surface area (Å²) in [6, 6.07) is 4.14. The van der Waals surface area contributed by atoms with E-state index in [2.05, 4.69) is 0 Å². The van der Waals surface area contributed by atoms with Crippen LogP contribution in [-0.4, -0.2) is 90.1 Å². The minimum absolute atomic E-state index is 0.000516. The quantitative estimate of drug-likeness (QED) is 0.243. The summed E-state index contributed by atoms with van der Waals surface area (Å²) < 4.78 is 32.7. The van der Waals surface area contributed by atoms with Crippen LogP contribution in [0.3, 0.4) is 0 Å². The van der Waals surface area contributed by atoms with Crippen LogP contribution in [0.4, 0.5) is 0 Å². The van der Waals surface area contributed by atoms with Crippen LogP contribution in [0.1, 0.15) is 11.7 Å². The number of hydrogen-bond donors (Lipinski definition) is 6. The Labute approximate surface area is 215 Å². The van der Waals surface area contributed by atoms with E-state index in [0.717, 1.165) is 6.07 Å². The molecule has 2 heterocycles. The topological polar surface area (TPSA) is 198 Å². The van der Waals surface area contributed by atoms with Crippen molar-refractivity contribution in [1.29, 1.82) is 0 Å². The maximum absolute atomic E-state index is 13.3. The van der Waals surface area contributed by atoms with Gasteiger partial charge in [0.25, 0.3) is 0 Å². The monoisotopic (exact) mass is 536 g/mol. The largest absolute Gasteiger partial charge is 0.506 e. The number of fused-ring (bicyclic) bond motifs is 1. The number of aliphatic hydroxyl groups excluding tert-OH is 4. The molecule has 0 aliphatic carbocycles. The fourth-order valence-corrected chi connectivity index (χ4v) is 4.52. The first-order valence-electron chi connectivity index (χ1n) is 11.3. The molecule has 4 rings (SSSR count). The van der Waals surface area contributed by atoms with E-state index in [1.54, 1.807) is 0 Å². The molecule has 0 bridgehead atoms. The van der Waals surface area contributed by atoms with Crippen LogP contribution in [0, 0.1) is 0 Å². The van der Waals surface area contributed by atoms with E-state index in [1.807, 2.05) is 0 Å². The molecule has 3 aromatic rings. The molecule has 0 saturated carbocycles. The molecule has 206 valence electrons. The van der Waals surface area contributed by atoms with Gasteiger partial charge in [0, 0.05) is 11.6 Å². The van der Waals surface area contributed by atoms with Gasteiger partial charge in [-0.3, -0.25) is 4.79 Å². The van der Waals surface area contributed by atoms with Crippen molar-refractivity contribution in [3.05, 3.63) is 34.0 Å². The molecule has 13 nitrogen and oxygen atoms in total. The third kappa shape index (κ3) is 4.23. The van der Waals surface area contributed by atoms with Crippen molar-refractivity contribution in [3.8, 4) is 45.8 Å². The molecule has 0 unspecified atom stereocenters. The Morgan fingerprint density at radius 3 is 1.95 bits per heavy atom. The molecule has 0 amide bonds. The summed E-state index contributed by atoms with van der Waals surface area (Å²) in [6.45, 7) is -0.742. The van der Waals surface area contributed by atoms with E-state index in [0.29, 0.717) is 11.3 Å². The Morgan fingerprint density at radius 2 is 1.42 bits per heavy atom. The lowest BCUT2D eigenvalue weighted by molar-refractivity contribution is -0.232. The van der Waals surface area contributed by atoms with Crippen LogP contribution in [0.5, 0.6) is 34.5 Å².